The Kier molecular flexibility index (Phi) is 8.35. The molecule has 78 valence electrons. The Balaban J connectivity index is 3.34. The molecule has 0 saturated carbocycles. The standard InChI is InChI=1S/C9H19Br2N2/c1-2-8-13(10,11)9-6-4-3-5-7-12/h2H,1,3-9,12H2/q+1. The van der Waals surface area contributed by atoms with Crippen molar-refractivity contribution >= 4 is 32.3 Å². The Labute approximate surface area is 98.4 Å². The first-order chi connectivity index (χ1) is 6.12. The zero-order chi connectivity index (χ0) is 10.2. The van der Waals surface area contributed by atoms with Crippen LogP contribution in [0, 0.1) is 0 Å². The fourth-order valence-electron chi connectivity index (χ4n) is 1.12. The summed E-state index contributed by atoms with van der Waals surface area (Å²) in [5.41, 5.74) is 5.41. The smallest absolute Gasteiger partial charge is 0.239 e. The van der Waals surface area contributed by atoms with Crippen molar-refractivity contribution < 1.29 is 2.54 Å². The quantitative estimate of drug-likeness (QED) is 0.416. The Morgan fingerprint density at radius 1 is 1.15 bits per heavy atom. The van der Waals surface area contributed by atoms with E-state index in [0.29, 0.717) is 2.54 Å². The zero-order valence-electron chi connectivity index (χ0n) is 8.01. The summed E-state index contributed by atoms with van der Waals surface area (Å²) in [6, 6.07) is 0. The average Bonchev–Trinajstić information content (AvgIpc) is 2.04. The summed E-state index contributed by atoms with van der Waals surface area (Å²) >= 11 is 7.14. The van der Waals surface area contributed by atoms with Gasteiger partial charge in [-0.15, -0.1) is 0 Å². The molecule has 0 aromatic rings. The van der Waals surface area contributed by atoms with Crippen LogP contribution >= 0.6 is 32.3 Å². The highest BCUT2D eigenvalue weighted by atomic mass is 79.9. The van der Waals surface area contributed by atoms with Crippen molar-refractivity contribution in [2.75, 3.05) is 19.6 Å². The minimum Gasteiger partial charge on any atom is -0.330 e. The highest BCUT2D eigenvalue weighted by Crippen LogP contribution is 2.23. The monoisotopic (exact) mass is 313 g/mol. The van der Waals surface area contributed by atoms with Crippen LogP contribution in [0.5, 0.6) is 0 Å². The summed E-state index contributed by atoms with van der Waals surface area (Å²) in [5.74, 6) is 0. The SMILES string of the molecule is C=CC[N+](Br)(Br)CCCCCCN. The first-order valence-corrected chi connectivity index (χ1v) is 6.11. The van der Waals surface area contributed by atoms with E-state index in [1.165, 1.54) is 19.3 Å². The van der Waals surface area contributed by atoms with Crippen LogP contribution in [0.25, 0.3) is 0 Å². The van der Waals surface area contributed by atoms with E-state index in [1.54, 1.807) is 0 Å². The molecule has 0 aliphatic heterocycles. The van der Waals surface area contributed by atoms with Crippen LogP contribution in [0.2, 0.25) is 0 Å². The van der Waals surface area contributed by atoms with Gasteiger partial charge in [-0.05, 0) is 31.9 Å². The van der Waals surface area contributed by atoms with Gasteiger partial charge in [0.05, 0.1) is 6.54 Å². The average molecular weight is 315 g/mol. The van der Waals surface area contributed by atoms with Crippen molar-refractivity contribution in [2.45, 2.75) is 25.7 Å². The molecule has 0 aromatic carbocycles. The third-order valence-corrected chi connectivity index (χ3v) is 3.12. The molecule has 0 amide bonds. The van der Waals surface area contributed by atoms with Crippen LogP contribution in [0.4, 0.5) is 0 Å². The molecule has 0 heterocycles. The van der Waals surface area contributed by atoms with Crippen LogP contribution in [-0.4, -0.2) is 22.2 Å². The molecule has 0 aromatic heterocycles. The van der Waals surface area contributed by atoms with Crippen molar-refractivity contribution in [3.8, 4) is 0 Å². The summed E-state index contributed by atoms with van der Waals surface area (Å²) in [5, 5.41) is 0. The Hall–Kier alpha value is 0.620. The van der Waals surface area contributed by atoms with Crippen molar-refractivity contribution in [3.05, 3.63) is 12.7 Å². The van der Waals surface area contributed by atoms with Gasteiger partial charge in [0.15, 0.2) is 0 Å². The number of rotatable bonds is 8. The molecule has 0 atom stereocenters. The topological polar surface area (TPSA) is 26.0 Å². The maximum absolute atomic E-state index is 5.41. The second kappa shape index (κ2) is 7.97. The Bertz CT molecular complexity index is 138. The van der Waals surface area contributed by atoms with E-state index < -0.39 is 0 Å². The van der Waals surface area contributed by atoms with E-state index in [2.05, 4.69) is 38.9 Å². The highest BCUT2D eigenvalue weighted by Gasteiger charge is 2.18. The molecular weight excluding hydrogens is 296 g/mol. The number of hydrogen-bond donors (Lipinski definition) is 1. The van der Waals surface area contributed by atoms with Crippen LogP contribution in [-0.2, 0) is 0 Å². The summed E-state index contributed by atoms with van der Waals surface area (Å²) < 4.78 is 0.687. The number of hydrogen-bond acceptors (Lipinski definition) is 1. The van der Waals surface area contributed by atoms with Gasteiger partial charge in [-0.3, -0.25) is 0 Å². The van der Waals surface area contributed by atoms with E-state index in [0.717, 1.165) is 26.1 Å². The zero-order valence-corrected chi connectivity index (χ0v) is 11.2. The highest BCUT2D eigenvalue weighted by molar-refractivity contribution is 9.16. The molecule has 0 aliphatic rings. The minimum atomic E-state index is 0.687. The predicted octanol–water partition coefficient (Wildman–Crippen LogP) is 3.13. The molecule has 0 spiro atoms. The predicted molar refractivity (Wildman–Crippen MR) is 65.6 cm³/mol. The Morgan fingerprint density at radius 3 is 2.31 bits per heavy atom. The maximum Gasteiger partial charge on any atom is 0.239 e. The second-order valence-electron chi connectivity index (χ2n) is 3.16. The van der Waals surface area contributed by atoms with E-state index >= 15 is 0 Å². The van der Waals surface area contributed by atoms with Crippen molar-refractivity contribution in [3.63, 3.8) is 0 Å². The Morgan fingerprint density at radius 2 is 1.77 bits per heavy atom. The maximum atomic E-state index is 5.41. The lowest BCUT2D eigenvalue weighted by atomic mass is 10.2. The van der Waals surface area contributed by atoms with Gasteiger partial charge in [0, 0.05) is 0 Å². The molecule has 0 saturated heterocycles. The van der Waals surface area contributed by atoms with Crippen LogP contribution in [0.15, 0.2) is 12.7 Å². The van der Waals surface area contributed by atoms with Gasteiger partial charge in [0.25, 0.3) is 0 Å². The normalized spacial score (nSPS) is 11.6. The molecule has 4 heteroatoms. The number of unbranched alkanes of at least 4 members (excludes halogenated alkanes) is 3. The number of nitrogens with zero attached hydrogens (tertiary/aromatic N) is 1. The van der Waals surface area contributed by atoms with Crippen molar-refractivity contribution in [2.24, 2.45) is 5.73 Å². The van der Waals surface area contributed by atoms with Gasteiger partial charge in [0.2, 0.25) is 32.3 Å². The largest absolute Gasteiger partial charge is 0.330 e. The number of halogens is 2. The van der Waals surface area contributed by atoms with Crippen molar-refractivity contribution in [1.82, 2.24) is 0 Å². The number of nitrogens with two attached hydrogens (primary N) is 1. The third kappa shape index (κ3) is 8.94. The minimum absolute atomic E-state index is 0.687. The van der Waals surface area contributed by atoms with Gasteiger partial charge in [-0.2, -0.15) is 2.54 Å². The molecule has 0 unspecified atom stereocenters. The van der Waals surface area contributed by atoms with Gasteiger partial charge in [0.1, 0.15) is 6.54 Å². The molecule has 0 rings (SSSR count). The van der Waals surface area contributed by atoms with Crippen molar-refractivity contribution in [1.29, 1.82) is 0 Å². The van der Waals surface area contributed by atoms with E-state index in [4.69, 9.17) is 5.73 Å². The van der Waals surface area contributed by atoms with E-state index in [-0.39, 0.29) is 0 Å². The molecule has 0 fully saturated rings. The van der Waals surface area contributed by atoms with E-state index in [9.17, 15) is 0 Å². The molecule has 0 aliphatic carbocycles. The summed E-state index contributed by atoms with van der Waals surface area (Å²) in [7, 11) is 0. The first-order valence-electron chi connectivity index (χ1n) is 4.70. The molecule has 0 bridgehead atoms. The first kappa shape index (κ1) is 13.6. The van der Waals surface area contributed by atoms with Gasteiger partial charge >= 0.3 is 0 Å². The molecule has 2 nitrogen and oxygen atoms in total. The van der Waals surface area contributed by atoms with Gasteiger partial charge < -0.3 is 5.73 Å². The van der Waals surface area contributed by atoms with Crippen LogP contribution in [0.3, 0.4) is 0 Å². The van der Waals surface area contributed by atoms with Gasteiger partial charge in [-0.1, -0.05) is 13.0 Å². The molecule has 0 radical (unpaired) electrons. The fourth-order valence-corrected chi connectivity index (χ4v) is 2.03. The van der Waals surface area contributed by atoms with Crippen LogP contribution in [0.1, 0.15) is 25.7 Å². The van der Waals surface area contributed by atoms with Gasteiger partial charge in [-0.25, -0.2) is 0 Å². The summed E-state index contributed by atoms with van der Waals surface area (Å²) in [4.78, 5) is 0. The molecule has 13 heavy (non-hydrogen) atoms. The lowest BCUT2D eigenvalue weighted by Crippen LogP contribution is -2.26. The van der Waals surface area contributed by atoms with Crippen LogP contribution < -0.4 is 5.73 Å². The number of quaternary nitrogens is 1. The summed E-state index contributed by atoms with van der Waals surface area (Å²) in [6.45, 7) is 6.51. The lowest BCUT2D eigenvalue weighted by Gasteiger charge is -2.19. The lowest BCUT2D eigenvalue weighted by molar-refractivity contribution is -0.605. The molecule has 2 N–H and O–H groups in total. The third-order valence-electron chi connectivity index (χ3n) is 1.84. The van der Waals surface area contributed by atoms with E-state index in [1.807, 2.05) is 6.08 Å². The fraction of sp³-hybridized carbons (Fsp3) is 0.778. The second-order valence-corrected chi connectivity index (χ2v) is 6.83. The summed E-state index contributed by atoms with van der Waals surface area (Å²) in [6.07, 6.45) is 6.76. The molecular formula is C9H19Br2N2+.